The monoisotopic (exact) mass is 212 g/mol. The van der Waals surface area contributed by atoms with E-state index in [1.165, 1.54) is 11.1 Å². The Labute approximate surface area is 96.1 Å². The van der Waals surface area contributed by atoms with E-state index in [1.54, 1.807) is 0 Å². The Morgan fingerprint density at radius 3 is 2.62 bits per heavy atom. The van der Waals surface area contributed by atoms with Gasteiger partial charge in [-0.1, -0.05) is 29.8 Å². The molecule has 0 radical (unpaired) electrons. The molecule has 0 aliphatic heterocycles. The second kappa shape index (κ2) is 4.35. The van der Waals surface area contributed by atoms with E-state index in [4.69, 9.17) is 5.73 Å². The van der Waals surface area contributed by atoms with Crippen LogP contribution < -0.4 is 5.73 Å². The molecule has 0 saturated carbocycles. The maximum atomic E-state index is 5.94. The number of aromatic nitrogens is 1. The number of benzene rings is 1. The van der Waals surface area contributed by atoms with E-state index in [9.17, 15) is 0 Å². The summed E-state index contributed by atoms with van der Waals surface area (Å²) in [6.07, 6.45) is 2.66. The molecule has 1 aromatic heterocycles. The van der Waals surface area contributed by atoms with Crippen LogP contribution in [0.3, 0.4) is 0 Å². The Kier molecular flexibility index (Phi) is 2.91. The van der Waals surface area contributed by atoms with E-state index in [1.807, 2.05) is 19.2 Å². The number of anilines is 1. The molecular formula is C14H16N2. The van der Waals surface area contributed by atoms with Gasteiger partial charge in [-0.15, -0.1) is 0 Å². The van der Waals surface area contributed by atoms with E-state index in [-0.39, 0.29) is 0 Å². The van der Waals surface area contributed by atoms with Crippen LogP contribution in [-0.2, 0) is 6.42 Å². The molecule has 2 nitrogen and oxygen atoms in total. The fourth-order valence-corrected chi connectivity index (χ4v) is 1.78. The number of nitrogens with zero attached hydrogens (tertiary/aromatic N) is 1. The Bertz CT molecular complexity index is 504. The van der Waals surface area contributed by atoms with Crippen molar-refractivity contribution >= 4 is 5.69 Å². The summed E-state index contributed by atoms with van der Waals surface area (Å²) in [5, 5.41) is 0. The normalized spacial score (nSPS) is 10.4. The molecule has 0 amide bonds. The first-order valence-corrected chi connectivity index (χ1v) is 5.41. The Hall–Kier alpha value is -1.83. The van der Waals surface area contributed by atoms with Crippen LogP contribution in [0, 0.1) is 13.8 Å². The van der Waals surface area contributed by atoms with Gasteiger partial charge >= 0.3 is 0 Å². The predicted molar refractivity (Wildman–Crippen MR) is 67.4 cm³/mol. The van der Waals surface area contributed by atoms with Crippen molar-refractivity contribution in [3.05, 3.63) is 58.9 Å². The Morgan fingerprint density at radius 1 is 1.12 bits per heavy atom. The Balaban J connectivity index is 2.27. The van der Waals surface area contributed by atoms with Crippen LogP contribution in [0.5, 0.6) is 0 Å². The first-order chi connectivity index (χ1) is 7.65. The zero-order valence-electron chi connectivity index (χ0n) is 9.70. The van der Waals surface area contributed by atoms with E-state index >= 15 is 0 Å². The topological polar surface area (TPSA) is 38.9 Å². The van der Waals surface area contributed by atoms with Gasteiger partial charge in [-0.3, -0.25) is 4.98 Å². The highest BCUT2D eigenvalue weighted by Crippen LogP contribution is 2.15. The molecule has 0 saturated heterocycles. The van der Waals surface area contributed by atoms with Crippen molar-refractivity contribution in [3.63, 3.8) is 0 Å². The minimum atomic E-state index is 0.779. The third-order valence-corrected chi connectivity index (χ3v) is 2.59. The Morgan fingerprint density at radius 2 is 1.94 bits per heavy atom. The third-order valence-electron chi connectivity index (χ3n) is 2.59. The molecule has 2 N–H and O–H groups in total. The lowest BCUT2D eigenvalue weighted by Crippen LogP contribution is -1.99. The summed E-state index contributed by atoms with van der Waals surface area (Å²) in [5.74, 6) is 0. The lowest BCUT2D eigenvalue weighted by Gasteiger charge is -2.06. The highest BCUT2D eigenvalue weighted by Gasteiger charge is 2.02. The van der Waals surface area contributed by atoms with Gasteiger partial charge in [-0.25, -0.2) is 0 Å². The minimum Gasteiger partial charge on any atom is -0.397 e. The number of rotatable bonds is 2. The zero-order chi connectivity index (χ0) is 11.5. The smallest absolute Gasteiger partial charge is 0.0676 e. The van der Waals surface area contributed by atoms with Gasteiger partial charge in [0.05, 0.1) is 11.4 Å². The molecular weight excluding hydrogens is 196 g/mol. The lowest BCUT2D eigenvalue weighted by atomic mass is 10.1. The van der Waals surface area contributed by atoms with E-state index < -0.39 is 0 Å². The van der Waals surface area contributed by atoms with Gasteiger partial charge in [-0.2, -0.15) is 0 Å². The predicted octanol–water partition coefficient (Wildman–Crippen LogP) is 2.87. The molecule has 82 valence electrons. The van der Waals surface area contributed by atoms with Crippen molar-refractivity contribution in [1.29, 1.82) is 0 Å². The SMILES string of the molecule is Cc1cccc(Cc2ncc(C)cc2N)c1. The number of nitrogen functional groups attached to an aromatic ring is 1. The molecule has 2 aromatic rings. The van der Waals surface area contributed by atoms with Gasteiger partial charge < -0.3 is 5.73 Å². The van der Waals surface area contributed by atoms with Gasteiger partial charge in [0.1, 0.15) is 0 Å². The number of hydrogen-bond donors (Lipinski definition) is 1. The number of pyridine rings is 1. The maximum absolute atomic E-state index is 5.94. The van der Waals surface area contributed by atoms with Gasteiger partial charge in [0.2, 0.25) is 0 Å². The lowest BCUT2D eigenvalue weighted by molar-refractivity contribution is 1.07. The number of aryl methyl sites for hydroxylation is 2. The summed E-state index contributed by atoms with van der Waals surface area (Å²) in [7, 11) is 0. The van der Waals surface area contributed by atoms with Crippen LogP contribution in [0.15, 0.2) is 36.5 Å². The van der Waals surface area contributed by atoms with Crippen LogP contribution in [-0.4, -0.2) is 4.98 Å². The molecule has 16 heavy (non-hydrogen) atoms. The summed E-state index contributed by atoms with van der Waals surface area (Å²) < 4.78 is 0. The second-order valence-electron chi connectivity index (χ2n) is 4.21. The standard InChI is InChI=1S/C14H16N2/c1-10-4-3-5-12(6-10)8-14-13(15)7-11(2)9-16-14/h3-7,9H,8,15H2,1-2H3. The molecule has 0 aliphatic carbocycles. The van der Waals surface area contributed by atoms with Gasteiger partial charge in [-0.05, 0) is 31.0 Å². The second-order valence-corrected chi connectivity index (χ2v) is 4.21. The molecule has 1 heterocycles. The summed E-state index contributed by atoms with van der Waals surface area (Å²) in [4.78, 5) is 4.38. The van der Waals surface area contributed by atoms with Crippen LogP contribution in [0.4, 0.5) is 5.69 Å². The average molecular weight is 212 g/mol. The first kappa shape index (κ1) is 10.7. The van der Waals surface area contributed by atoms with E-state index in [0.29, 0.717) is 0 Å². The van der Waals surface area contributed by atoms with Gasteiger partial charge in [0.25, 0.3) is 0 Å². The quantitative estimate of drug-likeness (QED) is 0.831. The average Bonchev–Trinajstić information content (AvgIpc) is 2.22. The number of nitrogens with two attached hydrogens (primary N) is 1. The summed E-state index contributed by atoms with van der Waals surface area (Å²) in [5.41, 5.74) is 11.3. The van der Waals surface area contributed by atoms with Crippen molar-refractivity contribution in [3.8, 4) is 0 Å². The summed E-state index contributed by atoms with van der Waals surface area (Å²) >= 11 is 0. The summed E-state index contributed by atoms with van der Waals surface area (Å²) in [6, 6.07) is 10.4. The van der Waals surface area contributed by atoms with E-state index in [0.717, 1.165) is 23.4 Å². The zero-order valence-corrected chi connectivity index (χ0v) is 9.70. The summed E-state index contributed by atoms with van der Waals surface area (Å²) in [6.45, 7) is 4.09. The molecule has 1 aromatic carbocycles. The van der Waals surface area contributed by atoms with Gasteiger partial charge in [0, 0.05) is 12.6 Å². The number of hydrogen-bond acceptors (Lipinski definition) is 2. The molecule has 0 fully saturated rings. The van der Waals surface area contributed by atoms with Crippen molar-refractivity contribution < 1.29 is 0 Å². The fourth-order valence-electron chi connectivity index (χ4n) is 1.78. The van der Waals surface area contributed by atoms with Crippen molar-refractivity contribution in [2.45, 2.75) is 20.3 Å². The van der Waals surface area contributed by atoms with Crippen LogP contribution in [0.1, 0.15) is 22.4 Å². The van der Waals surface area contributed by atoms with Crippen LogP contribution in [0.2, 0.25) is 0 Å². The fraction of sp³-hybridized carbons (Fsp3) is 0.214. The van der Waals surface area contributed by atoms with Crippen LogP contribution in [0.25, 0.3) is 0 Å². The first-order valence-electron chi connectivity index (χ1n) is 5.41. The van der Waals surface area contributed by atoms with Crippen LogP contribution >= 0.6 is 0 Å². The molecule has 0 spiro atoms. The highest BCUT2D eigenvalue weighted by molar-refractivity contribution is 5.46. The van der Waals surface area contributed by atoms with Gasteiger partial charge in [0.15, 0.2) is 0 Å². The molecule has 2 heteroatoms. The van der Waals surface area contributed by atoms with Crippen molar-refractivity contribution in [1.82, 2.24) is 4.98 Å². The third kappa shape index (κ3) is 2.40. The largest absolute Gasteiger partial charge is 0.397 e. The molecule has 0 aliphatic rings. The van der Waals surface area contributed by atoms with Crippen molar-refractivity contribution in [2.75, 3.05) is 5.73 Å². The molecule has 0 bridgehead atoms. The molecule has 0 unspecified atom stereocenters. The molecule has 0 atom stereocenters. The van der Waals surface area contributed by atoms with Crippen molar-refractivity contribution in [2.24, 2.45) is 0 Å². The molecule has 2 rings (SSSR count). The van der Waals surface area contributed by atoms with E-state index in [2.05, 4.69) is 36.2 Å². The highest BCUT2D eigenvalue weighted by atomic mass is 14.7. The minimum absolute atomic E-state index is 0.779. The maximum Gasteiger partial charge on any atom is 0.0676 e.